The maximum Gasteiger partial charge on any atom is 0.303 e. The number of aromatic nitrogens is 1. The van der Waals surface area contributed by atoms with Gasteiger partial charge in [-0.2, -0.15) is 0 Å². The van der Waals surface area contributed by atoms with Gasteiger partial charge in [0.1, 0.15) is 0 Å². The van der Waals surface area contributed by atoms with Gasteiger partial charge in [-0.15, -0.1) is 0 Å². The van der Waals surface area contributed by atoms with Crippen LogP contribution < -0.4 is 0 Å². The number of carbonyl (C=O) groups is 2. The number of aliphatic carboxylic acids is 1. The molecular formula is C25H28ClNO3. The lowest BCUT2D eigenvalue weighted by Gasteiger charge is -2.11. The highest BCUT2D eigenvalue weighted by atomic mass is 35.5. The van der Waals surface area contributed by atoms with Crippen LogP contribution in [0, 0.1) is 5.92 Å². The third-order valence-corrected chi connectivity index (χ3v) is 5.83. The van der Waals surface area contributed by atoms with E-state index >= 15 is 0 Å². The topological polar surface area (TPSA) is 59.3 Å². The number of hydrogen-bond donors (Lipinski definition) is 1. The summed E-state index contributed by atoms with van der Waals surface area (Å²) in [4.78, 5) is 24.2. The number of unbranched alkanes of at least 4 members (excludes halogenated alkanes) is 1. The van der Waals surface area contributed by atoms with Crippen LogP contribution in [0.5, 0.6) is 0 Å². The summed E-state index contributed by atoms with van der Waals surface area (Å²) in [6.45, 7) is 1.81. The molecule has 0 unspecified atom stereocenters. The van der Waals surface area contributed by atoms with Gasteiger partial charge in [-0.25, -0.2) is 0 Å². The van der Waals surface area contributed by atoms with Crippen molar-refractivity contribution in [2.24, 2.45) is 13.0 Å². The Morgan fingerprint density at radius 1 is 1.03 bits per heavy atom. The third-order valence-electron chi connectivity index (χ3n) is 5.59. The first-order valence-electron chi connectivity index (χ1n) is 10.4. The van der Waals surface area contributed by atoms with Gasteiger partial charge in [0, 0.05) is 47.1 Å². The minimum Gasteiger partial charge on any atom is -0.481 e. The molecule has 0 fully saturated rings. The van der Waals surface area contributed by atoms with Crippen molar-refractivity contribution in [2.45, 2.75) is 45.4 Å². The van der Waals surface area contributed by atoms with Crippen molar-refractivity contribution in [3.63, 3.8) is 0 Å². The molecule has 1 aromatic heterocycles. The van der Waals surface area contributed by atoms with E-state index in [1.54, 1.807) is 0 Å². The van der Waals surface area contributed by atoms with Crippen LogP contribution in [0.3, 0.4) is 0 Å². The predicted molar refractivity (Wildman–Crippen MR) is 121 cm³/mol. The zero-order valence-corrected chi connectivity index (χ0v) is 18.3. The lowest BCUT2D eigenvalue weighted by atomic mass is 9.94. The summed E-state index contributed by atoms with van der Waals surface area (Å²) in [6, 6.07) is 16.0. The van der Waals surface area contributed by atoms with E-state index in [1.807, 2.05) is 38.2 Å². The van der Waals surface area contributed by atoms with Crippen LogP contribution in [0.25, 0.3) is 10.9 Å². The van der Waals surface area contributed by atoms with E-state index in [9.17, 15) is 9.59 Å². The van der Waals surface area contributed by atoms with Gasteiger partial charge in [-0.3, -0.25) is 9.59 Å². The zero-order valence-electron chi connectivity index (χ0n) is 17.5. The maximum absolute atomic E-state index is 13.2. The highest BCUT2D eigenvalue weighted by Crippen LogP contribution is 2.31. The molecule has 5 heteroatoms. The second-order valence-corrected chi connectivity index (χ2v) is 8.50. The number of hydrogen-bond acceptors (Lipinski definition) is 2. The number of nitrogens with zero attached hydrogens (tertiary/aromatic N) is 1. The Bertz CT molecular complexity index is 1040. The molecule has 0 saturated heterocycles. The van der Waals surface area contributed by atoms with Crippen molar-refractivity contribution in [3.05, 3.63) is 70.4 Å². The molecule has 0 spiro atoms. The molecule has 0 aliphatic rings. The molecular weight excluding hydrogens is 398 g/mol. The van der Waals surface area contributed by atoms with E-state index in [-0.39, 0.29) is 24.5 Å². The van der Waals surface area contributed by atoms with Crippen molar-refractivity contribution in [3.8, 4) is 0 Å². The number of halogens is 1. The van der Waals surface area contributed by atoms with E-state index < -0.39 is 5.97 Å². The molecule has 30 heavy (non-hydrogen) atoms. The molecule has 1 heterocycles. The average Bonchev–Trinajstić information content (AvgIpc) is 2.96. The molecule has 0 bridgehead atoms. The summed E-state index contributed by atoms with van der Waals surface area (Å²) in [6.07, 6.45) is 4.02. The zero-order chi connectivity index (χ0) is 21.7. The number of rotatable bonds is 10. The van der Waals surface area contributed by atoms with Gasteiger partial charge < -0.3 is 9.67 Å². The van der Waals surface area contributed by atoms with Gasteiger partial charge in [0.25, 0.3) is 0 Å². The lowest BCUT2D eigenvalue weighted by molar-refractivity contribution is -0.137. The SMILES string of the molecule is C[C@H](CC(=O)O)CC(=O)c1c(CCCCc2ccccc2)n(C)c2ccc(Cl)cc12. The monoisotopic (exact) mass is 425 g/mol. The van der Waals surface area contributed by atoms with Crippen molar-refractivity contribution in [1.82, 2.24) is 4.57 Å². The average molecular weight is 426 g/mol. The predicted octanol–water partition coefficient (Wildman–Crippen LogP) is 6.08. The van der Waals surface area contributed by atoms with Crippen molar-refractivity contribution >= 4 is 34.3 Å². The smallest absolute Gasteiger partial charge is 0.303 e. The fourth-order valence-electron chi connectivity index (χ4n) is 4.13. The van der Waals surface area contributed by atoms with E-state index in [1.165, 1.54) is 5.56 Å². The molecule has 0 aliphatic carbocycles. The first kappa shape index (κ1) is 22.1. The Balaban J connectivity index is 1.82. The second kappa shape index (κ2) is 9.94. The van der Waals surface area contributed by atoms with Crippen LogP contribution in [0.4, 0.5) is 0 Å². The van der Waals surface area contributed by atoms with Gasteiger partial charge in [0.2, 0.25) is 0 Å². The molecule has 1 N–H and O–H groups in total. The molecule has 0 saturated carbocycles. The molecule has 0 aliphatic heterocycles. The van der Waals surface area contributed by atoms with E-state index in [0.29, 0.717) is 10.6 Å². The first-order chi connectivity index (χ1) is 14.4. The Hall–Kier alpha value is -2.59. The molecule has 0 radical (unpaired) electrons. The number of fused-ring (bicyclic) bond motifs is 1. The van der Waals surface area contributed by atoms with Crippen molar-refractivity contribution in [1.29, 1.82) is 0 Å². The standard InChI is InChI=1S/C25H28ClNO3/c1-17(15-24(29)30)14-23(28)25-20-16-19(26)12-13-21(20)27(2)22(25)11-7-6-10-18-8-4-3-5-9-18/h3-5,8-9,12-13,16-17H,6-7,10-11,14-15H2,1-2H3,(H,29,30)/t17-/m0/s1. The van der Waals surface area contributed by atoms with Gasteiger partial charge in [-0.1, -0.05) is 48.9 Å². The minimum absolute atomic E-state index is 0.00493. The van der Waals surface area contributed by atoms with Crippen LogP contribution in [-0.2, 0) is 24.7 Å². The number of aryl methyl sites for hydroxylation is 2. The highest BCUT2D eigenvalue weighted by Gasteiger charge is 2.23. The normalized spacial score (nSPS) is 12.2. The van der Waals surface area contributed by atoms with E-state index in [0.717, 1.165) is 42.3 Å². The fraction of sp³-hybridized carbons (Fsp3) is 0.360. The lowest BCUT2D eigenvalue weighted by Crippen LogP contribution is -2.12. The Kier molecular flexibility index (Phi) is 7.33. The fourth-order valence-corrected chi connectivity index (χ4v) is 4.30. The van der Waals surface area contributed by atoms with E-state index in [4.69, 9.17) is 16.7 Å². The summed E-state index contributed by atoms with van der Waals surface area (Å²) in [5, 5.41) is 10.5. The molecule has 2 aromatic carbocycles. The number of carbonyl (C=O) groups excluding carboxylic acids is 1. The number of carboxylic acid groups (broad SMARTS) is 1. The van der Waals surface area contributed by atoms with Crippen LogP contribution in [0.15, 0.2) is 48.5 Å². The van der Waals surface area contributed by atoms with Gasteiger partial charge in [-0.05, 0) is 55.4 Å². The molecule has 4 nitrogen and oxygen atoms in total. The molecule has 3 aromatic rings. The first-order valence-corrected chi connectivity index (χ1v) is 10.8. The molecule has 1 atom stereocenters. The molecule has 158 valence electrons. The number of carboxylic acids is 1. The van der Waals surface area contributed by atoms with Crippen LogP contribution in [-0.4, -0.2) is 21.4 Å². The van der Waals surface area contributed by atoms with Gasteiger partial charge in [0.15, 0.2) is 5.78 Å². The largest absolute Gasteiger partial charge is 0.481 e. The molecule has 0 amide bonds. The summed E-state index contributed by atoms with van der Waals surface area (Å²) >= 11 is 6.23. The summed E-state index contributed by atoms with van der Waals surface area (Å²) in [5.41, 5.74) is 4.01. The van der Waals surface area contributed by atoms with Gasteiger partial charge in [0.05, 0.1) is 0 Å². The highest BCUT2D eigenvalue weighted by molar-refractivity contribution is 6.31. The van der Waals surface area contributed by atoms with Crippen molar-refractivity contribution < 1.29 is 14.7 Å². The molecule has 3 rings (SSSR count). The summed E-state index contributed by atoms with van der Waals surface area (Å²) in [7, 11) is 1.99. The van der Waals surface area contributed by atoms with Crippen molar-refractivity contribution in [2.75, 3.05) is 0 Å². The van der Waals surface area contributed by atoms with Crippen LogP contribution >= 0.6 is 11.6 Å². The van der Waals surface area contributed by atoms with Crippen LogP contribution in [0.2, 0.25) is 5.02 Å². The van der Waals surface area contributed by atoms with Gasteiger partial charge >= 0.3 is 5.97 Å². The number of benzene rings is 2. The quantitative estimate of drug-likeness (QED) is 0.316. The Labute approximate surface area is 182 Å². The minimum atomic E-state index is -0.877. The van der Waals surface area contributed by atoms with Crippen LogP contribution in [0.1, 0.15) is 54.2 Å². The Morgan fingerprint density at radius 2 is 1.73 bits per heavy atom. The number of ketones is 1. The Morgan fingerprint density at radius 3 is 2.43 bits per heavy atom. The van der Waals surface area contributed by atoms with E-state index in [2.05, 4.69) is 28.8 Å². The second-order valence-electron chi connectivity index (χ2n) is 8.07. The summed E-state index contributed by atoms with van der Waals surface area (Å²) in [5.74, 6) is -1.09. The third kappa shape index (κ3) is 5.31. The maximum atomic E-state index is 13.2. The summed E-state index contributed by atoms with van der Waals surface area (Å²) < 4.78 is 2.09. The number of Topliss-reactive ketones (excluding diaryl/α,β-unsaturated/α-hetero) is 1.